The van der Waals surface area contributed by atoms with Crippen LogP contribution in [0.2, 0.25) is 0 Å². The summed E-state index contributed by atoms with van der Waals surface area (Å²) in [4.78, 5) is 9.94. The average molecular weight is 178 g/mol. The zero-order chi connectivity index (χ0) is 9.82. The third-order valence-electron chi connectivity index (χ3n) is 1.26. The molecule has 4 nitrogen and oxygen atoms in total. The molecule has 0 bridgehead atoms. The van der Waals surface area contributed by atoms with Crippen molar-refractivity contribution in [2.45, 2.75) is 39.2 Å². The first-order chi connectivity index (χ1) is 5.85. The Hall–Kier alpha value is -0.450. The molecule has 0 aromatic rings. The minimum absolute atomic E-state index is 0. The van der Waals surface area contributed by atoms with Gasteiger partial charge in [0, 0.05) is 1.43 Å². The molecule has 0 radical (unpaired) electrons. The Morgan fingerprint density at radius 1 is 1.67 bits per heavy atom. The van der Waals surface area contributed by atoms with Crippen LogP contribution in [0.5, 0.6) is 0 Å². The first kappa shape index (κ1) is 14.1. The summed E-state index contributed by atoms with van der Waals surface area (Å²) < 4.78 is 0. The Labute approximate surface area is 75.6 Å². The lowest BCUT2D eigenvalue weighted by atomic mass is 10.2. The van der Waals surface area contributed by atoms with Gasteiger partial charge in [-0.2, -0.15) is 0 Å². The largest absolute Gasteiger partial charge is 0.320 e. The topological polar surface area (TPSA) is 75.3 Å². The first-order valence-electron chi connectivity index (χ1n) is 4.29. The summed E-state index contributed by atoms with van der Waals surface area (Å²) in [6.45, 7) is 5.27. The van der Waals surface area contributed by atoms with Gasteiger partial charge in [-0.25, -0.2) is 5.90 Å². The second kappa shape index (κ2) is 13.2. The van der Waals surface area contributed by atoms with E-state index in [-0.39, 0.29) is 7.47 Å². The summed E-state index contributed by atoms with van der Waals surface area (Å²) in [5.41, 5.74) is 0. The monoisotopic (exact) mass is 178 g/mol. The van der Waals surface area contributed by atoms with Gasteiger partial charge in [-0.3, -0.25) is 0 Å². The Bertz CT molecular complexity index is 88.2. The molecule has 0 unspecified atom stereocenters. The van der Waals surface area contributed by atoms with E-state index in [1.165, 1.54) is 6.42 Å². The lowest BCUT2D eigenvalue weighted by Gasteiger charge is -1.93. The van der Waals surface area contributed by atoms with Gasteiger partial charge in [0.25, 0.3) is 0 Å². The van der Waals surface area contributed by atoms with Crippen molar-refractivity contribution in [2.75, 3.05) is 6.54 Å². The molecule has 4 heteroatoms. The van der Waals surface area contributed by atoms with Gasteiger partial charge in [0.05, 0.1) is 6.04 Å². The number of hydrogen-bond donors (Lipinski definition) is 3. The summed E-state index contributed by atoms with van der Waals surface area (Å²) in [7, 11) is 0. The van der Waals surface area contributed by atoms with Gasteiger partial charge in [-0.05, 0) is 19.4 Å². The molecule has 4 N–H and O–H groups in total. The smallest absolute Gasteiger partial charge is 0.136 e. The molecule has 0 aromatic heterocycles. The summed E-state index contributed by atoms with van der Waals surface area (Å²) in [6.07, 6.45) is 4.42. The van der Waals surface area contributed by atoms with E-state index in [1.54, 1.807) is 0 Å². The second-order valence-electron chi connectivity index (χ2n) is 2.55. The van der Waals surface area contributed by atoms with Crippen molar-refractivity contribution in [1.82, 2.24) is 5.32 Å². The summed E-state index contributed by atoms with van der Waals surface area (Å²) in [5.74, 6) is 3.50. The van der Waals surface area contributed by atoms with Crippen molar-refractivity contribution in [3.05, 3.63) is 0 Å². The molecule has 0 spiro atoms. The van der Waals surface area contributed by atoms with Crippen LogP contribution >= 0.6 is 0 Å². The van der Waals surface area contributed by atoms with Crippen LogP contribution in [0.25, 0.3) is 0 Å². The van der Waals surface area contributed by atoms with Gasteiger partial charge in [-0.15, -0.1) is 0 Å². The van der Waals surface area contributed by atoms with Crippen molar-refractivity contribution >= 4 is 6.29 Å². The fourth-order valence-corrected chi connectivity index (χ4v) is 0.828. The lowest BCUT2D eigenvalue weighted by Crippen LogP contribution is -2.21. The maximum Gasteiger partial charge on any atom is 0.136 e. The highest BCUT2D eigenvalue weighted by molar-refractivity contribution is 5.57. The van der Waals surface area contributed by atoms with E-state index < -0.39 is 0 Å². The zero-order valence-electron chi connectivity index (χ0n) is 7.92. The molecule has 0 saturated carbocycles. The molecule has 1 saturated heterocycles. The van der Waals surface area contributed by atoms with Crippen LogP contribution in [-0.2, 0) is 4.79 Å². The quantitative estimate of drug-likeness (QED) is 0.412. The third-order valence-corrected chi connectivity index (χ3v) is 1.26. The summed E-state index contributed by atoms with van der Waals surface area (Å²) in [5, 5.41) is 9.54. The molecule has 1 rings (SSSR count). The maximum absolute atomic E-state index is 9.94. The maximum atomic E-state index is 9.94. The summed E-state index contributed by atoms with van der Waals surface area (Å²) in [6, 6.07) is 0.167. The van der Waals surface area contributed by atoms with E-state index in [2.05, 4.69) is 25.1 Å². The first-order valence-corrected chi connectivity index (χ1v) is 4.29. The molecule has 1 atom stereocenters. The van der Waals surface area contributed by atoms with E-state index in [0.717, 1.165) is 25.7 Å². The van der Waals surface area contributed by atoms with Gasteiger partial charge < -0.3 is 15.3 Å². The van der Waals surface area contributed by atoms with E-state index in [1.807, 2.05) is 0 Å². The van der Waals surface area contributed by atoms with Gasteiger partial charge in [-0.1, -0.05) is 20.3 Å². The highest BCUT2D eigenvalue weighted by Gasteiger charge is 2.10. The third kappa shape index (κ3) is 9.55. The highest BCUT2D eigenvalue weighted by Crippen LogP contribution is 2.00. The average Bonchev–Trinajstić information content (AvgIpc) is 2.61. The minimum Gasteiger partial charge on any atom is -0.320 e. The number of aldehydes is 1. The molecule has 1 aliphatic rings. The Morgan fingerprint density at radius 3 is 2.33 bits per heavy atom. The predicted octanol–water partition coefficient (Wildman–Crippen LogP) is 0.934. The fraction of sp³-hybridized carbons (Fsp3) is 0.875. The molecule has 0 amide bonds. The van der Waals surface area contributed by atoms with Crippen LogP contribution < -0.4 is 11.2 Å². The Morgan fingerprint density at radius 2 is 2.17 bits per heavy atom. The number of nitrogens with two attached hydrogens (primary N) is 1. The van der Waals surface area contributed by atoms with Crippen LogP contribution in [0, 0.1) is 0 Å². The lowest BCUT2D eigenvalue weighted by molar-refractivity contribution is -0.109. The van der Waals surface area contributed by atoms with E-state index >= 15 is 0 Å². The molecule has 76 valence electrons. The van der Waals surface area contributed by atoms with Gasteiger partial charge >= 0.3 is 0 Å². The van der Waals surface area contributed by atoms with Crippen LogP contribution in [0.1, 0.15) is 34.5 Å². The fourth-order valence-electron chi connectivity index (χ4n) is 0.828. The normalized spacial score (nSPS) is 19.8. The standard InChI is InChI=1S/C5H9NO.C3H8.H3NO.H2/c7-4-5-2-1-3-6-5;1-3-2;1-2;/h4-6H,1-3H2;3H2,1-2H3;2H,1H2;1H/t5-;;;/m0.../s1. The number of nitrogens with one attached hydrogen (secondary N) is 1. The van der Waals surface area contributed by atoms with Crippen LogP contribution in [0.15, 0.2) is 0 Å². The number of rotatable bonds is 1. The minimum atomic E-state index is 0. The number of carbonyl (C=O) groups excluding carboxylic acids is 1. The van der Waals surface area contributed by atoms with Crippen molar-refractivity contribution in [1.29, 1.82) is 0 Å². The molecule has 0 aliphatic carbocycles. The van der Waals surface area contributed by atoms with E-state index in [9.17, 15) is 4.79 Å². The van der Waals surface area contributed by atoms with Crippen LogP contribution in [0.3, 0.4) is 0 Å². The molecule has 1 heterocycles. The van der Waals surface area contributed by atoms with Gasteiger partial charge in [0.2, 0.25) is 0 Å². The van der Waals surface area contributed by atoms with Gasteiger partial charge in [0.15, 0.2) is 0 Å². The van der Waals surface area contributed by atoms with Crippen LogP contribution in [0.4, 0.5) is 0 Å². The predicted molar refractivity (Wildman–Crippen MR) is 51.1 cm³/mol. The molecular formula is C8H22N2O2. The molecule has 1 fully saturated rings. The van der Waals surface area contributed by atoms with Gasteiger partial charge in [0.1, 0.15) is 6.29 Å². The summed E-state index contributed by atoms with van der Waals surface area (Å²) >= 11 is 0. The molecule has 1 aliphatic heterocycles. The number of hydrogen-bond acceptors (Lipinski definition) is 4. The van der Waals surface area contributed by atoms with Crippen molar-refractivity contribution < 1.29 is 11.4 Å². The molecular weight excluding hydrogens is 156 g/mol. The Balaban J connectivity index is -0.000000146. The van der Waals surface area contributed by atoms with Crippen molar-refractivity contribution in [3.8, 4) is 0 Å². The van der Waals surface area contributed by atoms with Crippen molar-refractivity contribution in [2.24, 2.45) is 5.90 Å². The SMILES string of the molecule is CCC.NO.O=C[C@@H]1CCCN1.[HH]. The van der Waals surface area contributed by atoms with Crippen molar-refractivity contribution in [3.63, 3.8) is 0 Å². The second-order valence-corrected chi connectivity index (χ2v) is 2.55. The van der Waals surface area contributed by atoms with E-state index in [0.29, 0.717) is 0 Å². The molecule has 0 aromatic carbocycles. The number of carbonyl (C=O) groups is 1. The van der Waals surface area contributed by atoms with Crippen LogP contribution in [-0.4, -0.2) is 24.1 Å². The zero-order valence-corrected chi connectivity index (χ0v) is 7.92. The highest BCUT2D eigenvalue weighted by atomic mass is 16.4. The Kier molecular flexibility index (Phi) is 15.5. The van der Waals surface area contributed by atoms with E-state index in [4.69, 9.17) is 5.21 Å². The molecule has 12 heavy (non-hydrogen) atoms.